The average molecular weight is 269 g/mol. The van der Waals surface area contributed by atoms with Crippen molar-refractivity contribution >= 4 is 6.29 Å². The first-order valence-electron chi connectivity index (χ1n) is 6.68. The number of carbonyl (C=O) groups excluding carboxylic acids is 1. The number of hydrogen-bond acceptors (Lipinski definition) is 3. The van der Waals surface area contributed by atoms with Crippen LogP contribution in [0.15, 0.2) is 48.5 Å². The second-order valence-corrected chi connectivity index (χ2v) is 4.86. The topological polar surface area (TPSA) is 52.3 Å². The number of carbonyl (C=O) groups is 1. The van der Waals surface area contributed by atoms with E-state index < -0.39 is 0 Å². The van der Waals surface area contributed by atoms with Crippen LogP contribution >= 0.6 is 0 Å². The average Bonchev–Trinajstić information content (AvgIpc) is 2.48. The lowest BCUT2D eigenvalue weighted by Crippen LogP contribution is -2.30. The Balaban J connectivity index is 1.94. The Morgan fingerprint density at radius 3 is 2.60 bits per heavy atom. The van der Waals surface area contributed by atoms with E-state index in [-0.39, 0.29) is 6.04 Å². The van der Waals surface area contributed by atoms with Crippen molar-refractivity contribution in [2.75, 3.05) is 6.61 Å². The monoisotopic (exact) mass is 269 g/mol. The van der Waals surface area contributed by atoms with Crippen LogP contribution in [0.25, 0.3) is 0 Å². The number of nitrogens with two attached hydrogens (primary N) is 1. The van der Waals surface area contributed by atoms with E-state index in [1.807, 2.05) is 24.3 Å². The minimum absolute atomic E-state index is 0.101. The summed E-state index contributed by atoms with van der Waals surface area (Å²) in [6.07, 6.45) is 1.55. The third kappa shape index (κ3) is 3.68. The molecule has 1 atom stereocenters. The van der Waals surface area contributed by atoms with Crippen molar-refractivity contribution in [1.82, 2.24) is 0 Å². The van der Waals surface area contributed by atoms with Gasteiger partial charge >= 0.3 is 0 Å². The molecule has 2 aromatic rings. The Morgan fingerprint density at radius 1 is 1.15 bits per heavy atom. The van der Waals surface area contributed by atoms with E-state index in [0.29, 0.717) is 17.9 Å². The maximum atomic E-state index is 10.9. The molecular formula is C17H19NO2. The fraction of sp³-hybridized carbons (Fsp3) is 0.235. The van der Waals surface area contributed by atoms with Crippen LogP contribution in [0.5, 0.6) is 5.75 Å². The van der Waals surface area contributed by atoms with Gasteiger partial charge in [-0.3, -0.25) is 4.79 Å². The molecular weight excluding hydrogens is 250 g/mol. The molecule has 0 saturated carbocycles. The first kappa shape index (κ1) is 14.3. The number of ether oxygens (including phenoxy) is 1. The Labute approximate surface area is 119 Å². The predicted molar refractivity (Wildman–Crippen MR) is 80.2 cm³/mol. The highest BCUT2D eigenvalue weighted by molar-refractivity contribution is 5.79. The highest BCUT2D eigenvalue weighted by Crippen LogP contribution is 2.16. The maximum Gasteiger partial charge on any atom is 0.153 e. The van der Waals surface area contributed by atoms with Crippen molar-refractivity contribution in [2.24, 2.45) is 5.73 Å². The Kier molecular flexibility index (Phi) is 4.91. The maximum absolute atomic E-state index is 10.9. The number of benzene rings is 2. The second kappa shape index (κ2) is 6.87. The summed E-state index contributed by atoms with van der Waals surface area (Å²) < 4.78 is 5.65. The van der Waals surface area contributed by atoms with Gasteiger partial charge in [0.15, 0.2) is 6.29 Å². The molecule has 0 radical (unpaired) electrons. The van der Waals surface area contributed by atoms with Gasteiger partial charge in [-0.25, -0.2) is 0 Å². The lowest BCUT2D eigenvalue weighted by molar-refractivity contribution is 0.111. The summed E-state index contributed by atoms with van der Waals surface area (Å²) in [5, 5.41) is 0. The number of aldehydes is 1. The third-order valence-corrected chi connectivity index (χ3v) is 3.24. The minimum atomic E-state index is -0.101. The summed E-state index contributed by atoms with van der Waals surface area (Å²) >= 11 is 0. The zero-order valence-electron chi connectivity index (χ0n) is 11.6. The zero-order chi connectivity index (χ0) is 14.4. The molecule has 20 heavy (non-hydrogen) atoms. The highest BCUT2D eigenvalue weighted by atomic mass is 16.5. The van der Waals surface area contributed by atoms with Gasteiger partial charge in [0.05, 0.1) is 5.56 Å². The van der Waals surface area contributed by atoms with Gasteiger partial charge in [-0.2, -0.15) is 0 Å². The number of rotatable bonds is 6. The second-order valence-electron chi connectivity index (χ2n) is 4.86. The molecule has 0 aliphatic carbocycles. The molecule has 2 rings (SSSR count). The van der Waals surface area contributed by atoms with Crippen LogP contribution in [0.2, 0.25) is 0 Å². The van der Waals surface area contributed by atoms with Crippen molar-refractivity contribution in [1.29, 1.82) is 0 Å². The number of hydrogen-bond donors (Lipinski definition) is 1. The SMILES string of the molecule is Cc1ccccc1CC(N)COc1ccccc1C=O. The lowest BCUT2D eigenvalue weighted by atomic mass is 10.0. The van der Waals surface area contributed by atoms with Crippen LogP contribution in [0.4, 0.5) is 0 Å². The van der Waals surface area contributed by atoms with Gasteiger partial charge in [0.25, 0.3) is 0 Å². The molecule has 0 aromatic heterocycles. The van der Waals surface area contributed by atoms with Gasteiger partial charge in [-0.1, -0.05) is 36.4 Å². The molecule has 2 aromatic carbocycles. The highest BCUT2D eigenvalue weighted by Gasteiger charge is 2.08. The molecule has 0 fully saturated rings. The summed E-state index contributed by atoms with van der Waals surface area (Å²) in [6.45, 7) is 2.46. The smallest absolute Gasteiger partial charge is 0.153 e. The molecule has 1 unspecified atom stereocenters. The van der Waals surface area contributed by atoms with Crippen LogP contribution < -0.4 is 10.5 Å². The summed E-state index contributed by atoms with van der Waals surface area (Å²) in [5.74, 6) is 0.586. The van der Waals surface area contributed by atoms with Crippen LogP contribution in [-0.2, 0) is 6.42 Å². The van der Waals surface area contributed by atoms with Gasteiger partial charge in [-0.05, 0) is 36.6 Å². The van der Waals surface area contributed by atoms with E-state index in [0.717, 1.165) is 12.7 Å². The Morgan fingerprint density at radius 2 is 1.85 bits per heavy atom. The minimum Gasteiger partial charge on any atom is -0.491 e. The van der Waals surface area contributed by atoms with Crippen molar-refractivity contribution in [2.45, 2.75) is 19.4 Å². The molecule has 3 nitrogen and oxygen atoms in total. The Bertz CT molecular complexity index is 581. The predicted octanol–water partition coefficient (Wildman–Crippen LogP) is 2.76. The third-order valence-electron chi connectivity index (χ3n) is 3.24. The quantitative estimate of drug-likeness (QED) is 0.820. The van der Waals surface area contributed by atoms with E-state index >= 15 is 0 Å². The van der Waals surface area contributed by atoms with E-state index in [9.17, 15) is 4.79 Å². The van der Waals surface area contributed by atoms with E-state index in [1.165, 1.54) is 11.1 Å². The molecule has 0 heterocycles. The fourth-order valence-electron chi connectivity index (χ4n) is 2.09. The fourth-order valence-corrected chi connectivity index (χ4v) is 2.09. The van der Waals surface area contributed by atoms with E-state index in [4.69, 9.17) is 10.5 Å². The van der Waals surface area contributed by atoms with Gasteiger partial charge in [0.2, 0.25) is 0 Å². The zero-order valence-corrected chi connectivity index (χ0v) is 11.6. The van der Waals surface area contributed by atoms with E-state index in [1.54, 1.807) is 12.1 Å². The van der Waals surface area contributed by atoms with Crippen LogP contribution in [0.1, 0.15) is 21.5 Å². The van der Waals surface area contributed by atoms with Gasteiger partial charge in [0, 0.05) is 6.04 Å². The van der Waals surface area contributed by atoms with Gasteiger partial charge < -0.3 is 10.5 Å². The molecule has 2 N–H and O–H groups in total. The molecule has 0 saturated heterocycles. The Hall–Kier alpha value is -2.13. The number of para-hydroxylation sites is 1. The lowest BCUT2D eigenvalue weighted by Gasteiger charge is -2.15. The first-order chi connectivity index (χ1) is 9.70. The van der Waals surface area contributed by atoms with Crippen LogP contribution in [-0.4, -0.2) is 18.9 Å². The van der Waals surface area contributed by atoms with Crippen molar-refractivity contribution in [3.63, 3.8) is 0 Å². The molecule has 0 spiro atoms. The molecule has 0 amide bonds. The van der Waals surface area contributed by atoms with Crippen molar-refractivity contribution in [3.8, 4) is 5.75 Å². The largest absolute Gasteiger partial charge is 0.491 e. The standard InChI is InChI=1S/C17H19NO2/c1-13-6-2-3-7-14(13)10-16(18)12-20-17-9-5-4-8-15(17)11-19/h2-9,11,16H,10,12,18H2,1H3. The van der Waals surface area contributed by atoms with E-state index in [2.05, 4.69) is 19.1 Å². The van der Waals surface area contributed by atoms with Gasteiger partial charge in [-0.15, -0.1) is 0 Å². The molecule has 0 aliphatic heterocycles. The first-order valence-corrected chi connectivity index (χ1v) is 6.68. The molecule has 3 heteroatoms. The van der Waals surface area contributed by atoms with Crippen LogP contribution in [0.3, 0.4) is 0 Å². The summed E-state index contributed by atoms with van der Waals surface area (Å²) in [7, 11) is 0. The molecule has 104 valence electrons. The van der Waals surface area contributed by atoms with Crippen molar-refractivity contribution < 1.29 is 9.53 Å². The van der Waals surface area contributed by atoms with Crippen LogP contribution in [0, 0.1) is 6.92 Å². The normalized spacial score (nSPS) is 11.9. The number of aryl methyl sites for hydroxylation is 1. The van der Waals surface area contributed by atoms with Crippen molar-refractivity contribution in [3.05, 3.63) is 65.2 Å². The molecule has 0 aliphatic rings. The summed E-state index contributed by atoms with van der Waals surface area (Å²) in [4.78, 5) is 10.9. The molecule has 0 bridgehead atoms. The van der Waals surface area contributed by atoms with Gasteiger partial charge in [0.1, 0.15) is 12.4 Å². The summed E-state index contributed by atoms with van der Waals surface area (Å²) in [6, 6.07) is 15.2. The summed E-state index contributed by atoms with van der Waals surface area (Å²) in [5.41, 5.74) is 9.11.